The number of nitrogens with zero attached hydrogens (tertiary/aromatic N) is 1. The van der Waals surface area contributed by atoms with Crippen molar-refractivity contribution in [3.63, 3.8) is 0 Å². The minimum absolute atomic E-state index is 0.0758. The molecule has 15 heavy (non-hydrogen) atoms. The summed E-state index contributed by atoms with van der Waals surface area (Å²) in [6.45, 7) is 11.1. The Kier molecular flexibility index (Phi) is 3.56. The largest absolute Gasteiger partial charge is 0.466 e. The van der Waals surface area contributed by atoms with E-state index in [0.717, 1.165) is 35.7 Å². The molecule has 0 radical (unpaired) electrons. The van der Waals surface area contributed by atoms with Crippen LogP contribution in [-0.2, 0) is 0 Å². The lowest BCUT2D eigenvalue weighted by atomic mass is 10.1. The van der Waals surface area contributed by atoms with Crippen molar-refractivity contribution in [2.45, 2.75) is 34.6 Å². The van der Waals surface area contributed by atoms with Gasteiger partial charge in [-0.3, -0.25) is 4.79 Å². The second-order valence-electron chi connectivity index (χ2n) is 3.69. The zero-order valence-corrected chi connectivity index (χ0v) is 10.2. The molecule has 0 unspecified atom stereocenters. The molecule has 3 heteroatoms. The van der Waals surface area contributed by atoms with E-state index in [-0.39, 0.29) is 5.91 Å². The molecule has 0 bridgehead atoms. The van der Waals surface area contributed by atoms with Crippen LogP contribution in [-0.4, -0.2) is 23.9 Å². The van der Waals surface area contributed by atoms with Crippen molar-refractivity contribution in [2.24, 2.45) is 0 Å². The van der Waals surface area contributed by atoms with Crippen LogP contribution >= 0.6 is 0 Å². The molecule has 0 N–H and O–H groups in total. The lowest BCUT2D eigenvalue weighted by Crippen LogP contribution is -2.31. The van der Waals surface area contributed by atoms with Gasteiger partial charge in [-0.2, -0.15) is 0 Å². The summed E-state index contributed by atoms with van der Waals surface area (Å²) in [5.74, 6) is 1.64. The van der Waals surface area contributed by atoms with Crippen LogP contribution in [0.3, 0.4) is 0 Å². The number of furan rings is 1. The molecular formula is C12H19NO2. The number of hydrogen-bond acceptors (Lipinski definition) is 2. The molecule has 0 aromatic carbocycles. The maximum Gasteiger partial charge on any atom is 0.257 e. The van der Waals surface area contributed by atoms with Crippen LogP contribution in [0, 0.1) is 20.8 Å². The number of carbonyl (C=O) groups is 1. The minimum atomic E-state index is 0.0758. The molecule has 0 aliphatic heterocycles. The summed E-state index contributed by atoms with van der Waals surface area (Å²) in [4.78, 5) is 13.9. The fourth-order valence-corrected chi connectivity index (χ4v) is 1.78. The van der Waals surface area contributed by atoms with E-state index in [1.54, 1.807) is 0 Å². The van der Waals surface area contributed by atoms with E-state index < -0.39 is 0 Å². The van der Waals surface area contributed by atoms with Gasteiger partial charge in [-0.05, 0) is 34.6 Å². The molecule has 0 fully saturated rings. The normalized spacial score (nSPS) is 10.5. The van der Waals surface area contributed by atoms with E-state index in [2.05, 4.69) is 0 Å². The topological polar surface area (TPSA) is 33.5 Å². The van der Waals surface area contributed by atoms with Crippen molar-refractivity contribution in [3.05, 3.63) is 22.6 Å². The Hall–Kier alpha value is -1.25. The average molecular weight is 209 g/mol. The zero-order valence-electron chi connectivity index (χ0n) is 10.2. The molecule has 0 spiro atoms. The van der Waals surface area contributed by atoms with E-state index in [1.165, 1.54) is 0 Å². The third-order valence-electron chi connectivity index (χ3n) is 2.83. The van der Waals surface area contributed by atoms with Crippen LogP contribution in [0.15, 0.2) is 4.42 Å². The first-order valence-electron chi connectivity index (χ1n) is 5.38. The SMILES string of the molecule is CCN(CC)C(=O)c1c(C)oc(C)c1C. The number of aryl methyl sites for hydroxylation is 2. The fraction of sp³-hybridized carbons (Fsp3) is 0.583. The van der Waals surface area contributed by atoms with E-state index in [4.69, 9.17) is 4.42 Å². The maximum atomic E-state index is 12.1. The van der Waals surface area contributed by atoms with Crippen molar-refractivity contribution < 1.29 is 9.21 Å². The van der Waals surface area contributed by atoms with Crippen molar-refractivity contribution in [3.8, 4) is 0 Å². The van der Waals surface area contributed by atoms with Gasteiger partial charge in [0.1, 0.15) is 11.5 Å². The van der Waals surface area contributed by atoms with E-state index >= 15 is 0 Å². The van der Waals surface area contributed by atoms with E-state index in [9.17, 15) is 4.79 Å². The predicted molar refractivity (Wildman–Crippen MR) is 60.2 cm³/mol. The average Bonchev–Trinajstić information content (AvgIpc) is 2.43. The Labute approximate surface area is 91.1 Å². The summed E-state index contributed by atoms with van der Waals surface area (Å²) in [7, 11) is 0. The lowest BCUT2D eigenvalue weighted by Gasteiger charge is -2.18. The molecule has 1 heterocycles. The summed E-state index contributed by atoms with van der Waals surface area (Å²) < 4.78 is 5.46. The Balaban J connectivity index is 3.10. The molecule has 1 amide bonds. The molecular weight excluding hydrogens is 190 g/mol. The number of amides is 1. The van der Waals surface area contributed by atoms with Gasteiger partial charge in [-0.15, -0.1) is 0 Å². The second kappa shape index (κ2) is 4.51. The van der Waals surface area contributed by atoms with Crippen LogP contribution in [0.2, 0.25) is 0 Å². The number of carbonyl (C=O) groups excluding carboxylic acids is 1. The molecule has 0 saturated heterocycles. The van der Waals surface area contributed by atoms with Crippen LogP contribution in [0.4, 0.5) is 0 Å². The summed E-state index contributed by atoms with van der Waals surface area (Å²) in [6, 6.07) is 0. The van der Waals surface area contributed by atoms with Gasteiger partial charge in [-0.25, -0.2) is 0 Å². The van der Waals surface area contributed by atoms with Gasteiger partial charge in [0, 0.05) is 18.7 Å². The standard InChI is InChI=1S/C12H19NO2/c1-6-13(7-2)12(14)11-8(3)9(4)15-10(11)5/h6-7H2,1-5H3. The van der Waals surface area contributed by atoms with Crippen LogP contribution in [0.1, 0.15) is 41.3 Å². The Morgan fingerprint density at radius 3 is 2.00 bits per heavy atom. The zero-order chi connectivity index (χ0) is 11.6. The molecule has 1 aromatic rings. The lowest BCUT2D eigenvalue weighted by molar-refractivity contribution is 0.0770. The van der Waals surface area contributed by atoms with Gasteiger partial charge in [-0.1, -0.05) is 0 Å². The van der Waals surface area contributed by atoms with Crippen molar-refractivity contribution >= 4 is 5.91 Å². The molecule has 0 atom stereocenters. The second-order valence-corrected chi connectivity index (χ2v) is 3.69. The molecule has 3 nitrogen and oxygen atoms in total. The Morgan fingerprint density at radius 2 is 1.67 bits per heavy atom. The van der Waals surface area contributed by atoms with Crippen LogP contribution in [0.5, 0.6) is 0 Å². The highest BCUT2D eigenvalue weighted by molar-refractivity contribution is 5.96. The van der Waals surface area contributed by atoms with E-state index in [1.807, 2.05) is 39.5 Å². The highest BCUT2D eigenvalue weighted by atomic mass is 16.3. The minimum Gasteiger partial charge on any atom is -0.466 e. The third-order valence-corrected chi connectivity index (χ3v) is 2.83. The fourth-order valence-electron chi connectivity index (χ4n) is 1.78. The first-order chi connectivity index (χ1) is 7.02. The number of rotatable bonds is 3. The predicted octanol–water partition coefficient (Wildman–Crippen LogP) is 2.69. The summed E-state index contributed by atoms with van der Waals surface area (Å²) in [6.07, 6.45) is 0. The van der Waals surface area contributed by atoms with Gasteiger partial charge in [0.15, 0.2) is 0 Å². The maximum absolute atomic E-state index is 12.1. The molecule has 84 valence electrons. The van der Waals surface area contributed by atoms with E-state index in [0.29, 0.717) is 0 Å². The Bertz CT molecular complexity index is 362. The van der Waals surface area contributed by atoms with Gasteiger partial charge < -0.3 is 9.32 Å². The van der Waals surface area contributed by atoms with Crippen molar-refractivity contribution in [2.75, 3.05) is 13.1 Å². The molecule has 0 aliphatic carbocycles. The number of hydrogen-bond donors (Lipinski definition) is 0. The highest BCUT2D eigenvalue weighted by Gasteiger charge is 2.21. The summed E-state index contributed by atoms with van der Waals surface area (Å²) >= 11 is 0. The summed E-state index contributed by atoms with van der Waals surface area (Å²) in [5, 5.41) is 0. The van der Waals surface area contributed by atoms with Crippen molar-refractivity contribution in [1.82, 2.24) is 4.90 Å². The highest BCUT2D eigenvalue weighted by Crippen LogP contribution is 2.22. The first kappa shape index (κ1) is 11.8. The van der Waals surface area contributed by atoms with Gasteiger partial charge in [0.2, 0.25) is 0 Å². The van der Waals surface area contributed by atoms with Gasteiger partial charge in [0.25, 0.3) is 5.91 Å². The quantitative estimate of drug-likeness (QED) is 0.766. The third kappa shape index (κ3) is 2.06. The molecule has 1 aromatic heterocycles. The monoisotopic (exact) mass is 209 g/mol. The van der Waals surface area contributed by atoms with Crippen molar-refractivity contribution in [1.29, 1.82) is 0 Å². The smallest absolute Gasteiger partial charge is 0.257 e. The first-order valence-corrected chi connectivity index (χ1v) is 5.38. The van der Waals surface area contributed by atoms with Crippen LogP contribution < -0.4 is 0 Å². The van der Waals surface area contributed by atoms with Gasteiger partial charge >= 0.3 is 0 Å². The Morgan fingerprint density at radius 1 is 1.13 bits per heavy atom. The molecule has 1 rings (SSSR count). The molecule has 0 aliphatic rings. The molecule has 0 saturated carbocycles. The van der Waals surface area contributed by atoms with Crippen LogP contribution in [0.25, 0.3) is 0 Å². The summed E-state index contributed by atoms with van der Waals surface area (Å²) in [5.41, 5.74) is 1.70. The van der Waals surface area contributed by atoms with Gasteiger partial charge in [0.05, 0.1) is 5.56 Å².